The predicted molar refractivity (Wildman–Crippen MR) is 96.3 cm³/mol. The van der Waals surface area contributed by atoms with Gasteiger partial charge in [-0.1, -0.05) is 75.6 Å². The fraction of sp³-hybridized carbons (Fsp3) is 0.350. The minimum Gasteiger partial charge on any atom is -0.361 e. The van der Waals surface area contributed by atoms with Gasteiger partial charge in [0, 0.05) is 12.2 Å². The Morgan fingerprint density at radius 2 is 1.61 bits per heavy atom. The van der Waals surface area contributed by atoms with E-state index in [9.17, 15) is 4.79 Å². The van der Waals surface area contributed by atoms with Crippen LogP contribution in [0.3, 0.4) is 0 Å². The lowest BCUT2D eigenvalue weighted by Crippen LogP contribution is -2.49. The molecule has 0 radical (unpaired) electrons. The minimum atomic E-state index is -0.943. The van der Waals surface area contributed by atoms with Crippen LogP contribution in [0.25, 0.3) is 0 Å². The second-order valence-electron chi connectivity index (χ2n) is 6.26. The fourth-order valence-corrected chi connectivity index (χ4v) is 4.04. The van der Waals surface area contributed by atoms with Gasteiger partial charge in [-0.25, -0.2) is 0 Å². The van der Waals surface area contributed by atoms with Crippen LogP contribution in [0.1, 0.15) is 39.9 Å². The summed E-state index contributed by atoms with van der Waals surface area (Å²) in [5.74, 6) is 0.0305. The number of carbonyl (C=O) groups is 1. The molecule has 1 aliphatic heterocycles. The second kappa shape index (κ2) is 6.58. The van der Waals surface area contributed by atoms with E-state index in [0.717, 1.165) is 24.0 Å². The van der Waals surface area contributed by atoms with Gasteiger partial charge in [-0.3, -0.25) is 4.79 Å². The molecule has 0 unspecified atom stereocenters. The molecule has 2 atom stereocenters. The highest BCUT2D eigenvalue weighted by Gasteiger charge is 2.49. The molecule has 3 rings (SSSR count). The predicted octanol–water partition coefficient (Wildman–Crippen LogP) is 4.96. The molecule has 2 aromatic rings. The van der Waals surface area contributed by atoms with Crippen molar-refractivity contribution in [1.82, 2.24) is 0 Å². The largest absolute Gasteiger partial charge is 0.361 e. The lowest BCUT2D eigenvalue weighted by molar-refractivity contribution is -0.0520. The fourth-order valence-electron chi connectivity index (χ4n) is 3.11. The zero-order valence-electron chi connectivity index (χ0n) is 13.5. The summed E-state index contributed by atoms with van der Waals surface area (Å²) < 4.78 is 6.15. The molecule has 0 aliphatic carbocycles. The van der Waals surface area contributed by atoms with Crippen LogP contribution in [0.2, 0.25) is 0 Å². The topological polar surface area (TPSA) is 26.3 Å². The molecule has 1 heterocycles. The van der Waals surface area contributed by atoms with Crippen molar-refractivity contribution in [3.05, 3.63) is 70.8 Å². The maximum absolute atomic E-state index is 13.4. The van der Waals surface area contributed by atoms with Crippen LogP contribution in [0.5, 0.6) is 0 Å². The number of Topliss-reactive ketones (excluding diaryl/α,β-unsaturated/α-hetero) is 1. The van der Waals surface area contributed by atoms with Crippen LogP contribution in [0.4, 0.5) is 0 Å². The molecule has 1 fully saturated rings. The summed E-state index contributed by atoms with van der Waals surface area (Å²) in [6.45, 7) is 4.67. The van der Waals surface area contributed by atoms with Gasteiger partial charge in [0.15, 0.2) is 11.4 Å². The van der Waals surface area contributed by atoms with Gasteiger partial charge in [0.1, 0.15) is 0 Å². The van der Waals surface area contributed by atoms with Crippen LogP contribution < -0.4 is 0 Å². The average molecular weight is 373 g/mol. The van der Waals surface area contributed by atoms with Gasteiger partial charge in [0.25, 0.3) is 0 Å². The smallest absolute Gasteiger partial charge is 0.200 e. The first-order chi connectivity index (χ1) is 11.0. The first-order valence-corrected chi connectivity index (χ1v) is 8.92. The first-order valence-electron chi connectivity index (χ1n) is 8.00. The molecule has 0 bridgehead atoms. The third-order valence-corrected chi connectivity index (χ3v) is 5.61. The molecular formula is C20H21BrO2. The van der Waals surface area contributed by atoms with Crippen molar-refractivity contribution in [2.24, 2.45) is 0 Å². The standard InChI is InChI=1S/C20H21BrO2/c1-14-5-9-16(10-6-14)19(22)20(18(21)4-3-13-23-20)17-11-7-15(2)8-12-17/h5-12,18H,3-4,13H2,1-2H3/t18-,20+/m1/s1. The Bertz CT molecular complexity index is 691. The highest BCUT2D eigenvalue weighted by atomic mass is 79.9. The van der Waals surface area contributed by atoms with Crippen molar-refractivity contribution < 1.29 is 9.53 Å². The van der Waals surface area contributed by atoms with Crippen molar-refractivity contribution in [3.63, 3.8) is 0 Å². The van der Waals surface area contributed by atoms with E-state index < -0.39 is 5.60 Å². The maximum atomic E-state index is 13.4. The van der Waals surface area contributed by atoms with Gasteiger partial charge in [0.2, 0.25) is 0 Å². The number of ketones is 1. The molecule has 0 N–H and O–H groups in total. The van der Waals surface area contributed by atoms with Gasteiger partial charge >= 0.3 is 0 Å². The number of halogens is 1. The zero-order valence-corrected chi connectivity index (χ0v) is 15.1. The molecule has 2 nitrogen and oxygen atoms in total. The number of rotatable bonds is 3. The Morgan fingerprint density at radius 1 is 1.04 bits per heavy atom. The van der Waals surface area contributed by atoms with E-state index in [2.05, 4.69) is 15.9 Å². The lowest BCUT2D eigenvalue weighted by Gasteiger charge is -2.40. The Labute approximate surface area is 146 Å². The maximum Gasteiger partial charge on any atom is 0.200 e. The highest BCUT2D eigenvalue weighted by molar-refractivity contribution is 9.09. The molecule has 0 amide bonds. The average Bonchev–Trinajstić information content (AvgIpc) is 2.56. The zero-order chi connectivity index (χ0) is 16.4. The molecule has 3 heteroatoms. The van der Waals surface area contributed by atoms with Crippen LogP contribution in [0, 0.1) is 13.8 Å². The van der Waals surface area contributed by atoms with E-state index in [-0.39, 0.29) is 10.6 Å². The molecule has 0 saturated carbocycles. The van der Waals surface area contributed by atoms with E-state index in [1.165, 1.54) is 5.56 Å². The quantitative estimate of drug-likeness (QED) is 0.562. The monoisotopic (exact) mass is 372 g/mol. The van der Waals surface area contributed by atoms with E-state index in [4.69, 9.17) is 4.74 Å². The summed E-state index contributed by atoms with van der Waals surface area (Å²) in [6, 6.07) is 15.8. The number of benzene rings is 2. The molecular weight excluding hydrogens is 352 g/mol. The third-order valence-electron chi connectivity index (χ3n) is 4.50. The number of ether oxygens (including phenoxy) is 1. The van der Waals surface area contributed by atoms with Crippen LogP contribution >= 0.6 is 15.9 Å². The number of aryl methyl sites for hydroxylation is 2. The Morgan fingerprint density at radius 3 is 2.17 bits per heavy atom. The third kappa shape index (κ3) is 3.00. The highest BCUT2D eigenvalue weighted by Crippen LogP contribution is 2.42. The molecule has 120 valence electrons. The van der Waals surface area contributed by atoms with E-state index >= 15 is 0 Å². The normalized spacial score (nSPS) is 24.4. The van der Waals surface area contributed by atoms with Crippen LogP contribution in [-0.2, 0) is 10.3 Å². The molecule has 23 heavy (non-hydrogen) atoms. The van der Waals surface area contributed by atoms with Crippen LogP contribution in [-0.4, -0.2) is 17.2 Å². The number of carbonyl (C=O) groups excluding carboxylic acids is 1. The van der Waals surface area contributed by atoms with E-state index in [1.807, 2.05) is 62.4 Å². The SMILES string of the molecule is Cc1ccc(C(=O)[C@@]2(c3ccc(C)cc3)OCCC[C@H]2Br)cc1. The van der Waals surface area contributed by atoms with Crippen molar-refractivity contribution in [1.29, 1.82) is 0 Å². The molecule has 2 aromatic carbocycles. The summed E-state index contributed by atoms with van der Waals surface area (Å²) >= 11 is 3.73. The molecule has 0 spiro atoms. The van der Waals surface area contributed by atoms with Gasteiger partial charge in [-0.2, -0.15) is 0 Å². The molecule has 1 saturated heterocycles. The summed E-state index contributed by atoms with van der Waals surface area (Å²) in [5, 5.41) is 0. The summed E-state index contributed by atoms with van der Waals surface area (Å²) in [7, 11) is 0. The Hall–Kier alpha value is -1.45. The van der Waals surface area contributed by atoms with E-state index in [0.29, 0.717) is 12.2 Å². The Balaban J connectivity index is 2.09. The molecule has 0 aromatic heterocycles. The van der Waals surface area contributed by atoms with Gasteiger partial charge < -0.3 is 4.74 Å². The van der Waals surface area contributed by atoms with Gasteiger partial charge in [0.05, 0.1) is 4.83 Å². The molecule has 1 aliphatic rings. The first kappa shape index (κ1) is 16.4. The number of hydrogen-bond donors (Lipinski definition) is 0. The van der Waals surface area contributed by atoms with Crippen LogP contribution in [0.15, 0.2) is 48.5 Å². The minimum absolute atomic E-state index is 0.0275. The van der Waals surface area contributed by atoms with Crippen molar-refractivity contribution >= 4 is 21.7 Å². The lowest BCUT2D eigenvalue weighted by atomic mass is 9.80. The van der Waals surface area contributed by atoms with Crippen molar-refractivity contribution in [3.8, 4) is 0 Å². The number of alkyl halides is 1. The second-order valence-corrected chi connectivity index (χ2v) is 7.36. The summed E-state index contributed by atoms with van der Waals surface area (Å²) in [5.41, 5.74) is 3.00. The Kier molecular flexibility index (Phi) is 4.69. The van der Waals surface area contributed by atoms with E-state index in [1.54, 1.807) is 0 Å². The van der Waals surface area contributed by atoms with Gasteiger partial charge in [-0.15, -0.1) is 0 Å². The van der Waals surface area contributed by atoms with Crippen molar-refractivity contribution in [2.45, 2.75) is 37.1 Å². The van der Waals surface area contributed by atoms with Crippen molar-refractivity contribution in [2.75, 3.05) is 6.61 Å². The summed E-state index contributed by atoms with van der Waals surface area (Å²) in [6.07, 6.45) is 1.89. The summed E-state index contributed by atoms with van der Waals surface area (Å²) in [4.78, 5) is 13.3. The van der Waals surface area contributed by atoms with Gasteiger partial charge in [-0.05, 0) is 32.3 Å². The number of hydrogen-bond acceptors (Lipinski definition) is 2.